The zero-order valence-electron chi connectivity index (χ0n) is 10.7. The molecule has 0 saturated heterocycles. The van der Waals surface area contributed by atoms with Gasteiger partial charge in [-0.25, -0.2) is 0 Å². The Morgan fingerprint density at radius 3 is 2.59 bits per heavy atom. The number of nitrogens with one attached hydrogen (secondary N) is 1. The predicted octanol–water partition coefficient (Wildman–Crippen LogP) is 3.94. The first-order chi connectivity index (χ1) is 8.31. The second-order valence-electron chi connectivity index (χ2n) is 4.71. The highest BCUT2D eigenvalue weighted by Crippen LogP contribution is 2.21. The van der Waals surface area contributed by atoms with Gasteiger partial charge in [-0.1, -0.05) is 56.3 Å². The van der Waals surface area contributed by atoms with Crippen LogP contribution in [0.2, 0.25) is 0 Å². The number of fused-ring (bicyclic) bond motifs is 1. The molecule has 2 aromatic carbocycles. The maximum absolute atomic E-state index is 3.48. The SMILES string of the molecule is CCCNCC(C)c1ccc2ccccc2c1. The lowest BCUT2D eigenvalue weighted by Crippen LogP contribution is -2.20. The minimum Gasteiger partial charge on any atom is -0.316 e. The zero-order valence-corrected chi connectivity index (χ0v) is 10.7. The van der Waals surface area contributed by atoms with E-state index < -0.39 is 0 Å². The van der Waals surface area contributed by atoms with Gasteiger partial charge >= 0.3 is 0 Å². The van der Waals surface area contributed by atoms with Crippen LogP contribution in [0.5, 0.6) is 0 Å². The van der Waals surface area contributed by atoms with Gasteiger partial charge in [-0.3, -0.25) is 0 Å². The van der Waals surface area contributed by atoms with Crippen molar-refractivity contribution in [2.45, 2.75) is 26.2 Å². The number of hydrogen-bond donors (Lipinski definition) is 1. The van der Waals surface area contributed by atoms with Crippen LogP contribution in [-0.4, -0.2) is 13.1 Å². The summed E-state index contributed by atoms with van der Waals surface area (Å²) in [7, 11) is 0. The van der Waals surface area contributed by atoms with Gasteiger partial charge in [-0.05, 0) is 35.2 Å². The molecule has 2 rings (SSSR count). The maximum Gasteiger partial charge on any atom is 0.00174 e. The van der Waals surface area contributed by atoms with E-state index >= 15 is 0 Å². The Hall–Kier alpha value is -1.34. The van der Waals surface area contributed by atoms with Gasteiger partial charge in [-0.15, -0.1) is 0 Å². The summed E-state index contributed by atoms with van der Waals surface area (Å²) in [5.74, 6) is 0.575. The molecule has 0 aromatic heterocycles. The molecule has 1 unspecified atom stereocenters. The quantitative estimate of drug-likeness (QED) is 0.763. The molecule has 0 aliphatic rings. The number of benzene rings is 2. The van der Waals surface area contributed by atoms with Crippen molar-refractivity contribution in [3.63, 3.8) is 0 Å². The Bertz CT molecular complexity index is 476. The molecule has 0 amide bonds. The van der Waals surface area contributed by atoms with Gasteiger partial charge < -0.3 is 5.32 Å². The highest BCUT2D eigenvalue weighted by Gasteiger charge is 2.05. The van der Waals surface area contributed by atoms with Crippen LogP contribution in [0.4, 0.5) is 0 Å². The lowest BCUT2D eigenvalue weighted by Gasteiger charge is -2.13. The van der Waals surface area contributed by atoms with Gasteiger partial charge in [0.15, 0.2) is 0 Å². The van der Waals surface area contributed by atoms with E-state index in [1.807, 2.05) is 0 Å². The van der Waals surface area contributed by atoms with Crippen LogP contribution >= 0.6 is 0 Å². The first-order valence-electron chi connectivity index (χ1n) is 6.50. The van der Waals surface area contributed by atoms with Crippen molar-refractivity contribution < 1.29 is 0 Å². The first kappa shape index (κ1) is 12.1. The first-order valence-corrected chi connectivity index (χ1v) is 6.50. The van der Waals surface area contributed by atoms with E-state index in [-0.39, 0.29) is 0 Å². The van der Waals surface area contributed by atoms with E-state index in [9.17, 15) is 0 Å². The third kappa shape index (κ3) is 3.07. The molecule has 0 fully saturated rings. The van der Waals surface area contributed by atoms with Crippen LogP contribution in [0.1, 0.15) is 31.7 Å². The summed E-state index contributed by atoms with van der Waals surface area (Å²) in [5, 5.41) is 6.15. The summed E-state index contributed by atoms with van der Waals surface area (Å²) < 4.78 is 0. The van der Waals surface area contributed by atoms with E-state index in [2.05, 4.69) is 61.6 Å². The molecule has 0 radical (unpaired) electrons. The van der Waals surface area contributed by atoms with Crippen LogP contribution in [0.15, 0.2) is 42.5 Å². The highest BCUT2D eigenvalue weighted by molar-refractivity contribution is 5.83. The van der Waals surface area contributed by atoms with E-state index in [0.717, 1.165) is 13.1 Å². The van der Waals surface area contributed by atoms with Crippen LogP contribution in [0, 0.1) is 0 Å². The molecule has 90 valence electrons. The fraction of sp³-hybridized carbons (Fsp3) is 0.375. The van der Waals surface area contributed by atoms with Gasteiger partial charge in [0, 0.05) is 6.54 Å². The molecule has 0 saturated carbocycles. The third-order valence-electron chi connectivity index (χ3n) is 3.22. The van der Waals surface area contributed by atoms with Gasteiger partial charge in [-0.2, -0.15) is 0 Å². The van der Waals surface area contributed by atoms with E-state index in [0.29, 0.717) is 5.92 Å². The number of rotatable bonds is 5. The molecule has 0 bridgehead atoms. The molecule has 0 aliphatic heterocycles. The molecule has 17 heavy (non-hydrogen) atoms. The molecular weight excluding hydrogens is 206 g/mol. The van der Waals surface area contributed by atoms with Crippen molar-refractivity contribution in [3.8, 4) is 0 Å². The lowest BCUT2D eigenvalue weighted by atomic mass is 9.98. The summed E-state index contributed by atoms with van der Waals surface area (Å²) in [6, 6.07) is 15.3. The van der Waals surface area contributed by atoms with Crippen molar-refractivity contribution in [1.29, 1.82) is 0 Å². The molecule has 0 spiro atoms. The Morgan fingerprint density at radius 2 is 1.82 bits per heavy atom. The summed E-state index contributed by atoms with van der Waals surface area (Å²) in [5.41, 5.74) is 1.42. The van der Waals surface area contributed by atoms with Crippen molar-refractivity contribution >= 4 is 10.8 Å². The Morgan fingerprint density at radius 1 is 1.06 bits per heavy atom. The fourth-order valence-electron chi connectivity index (χ4n) is 2.13. The third-order valence-corrected chi connectivity index (χ3v) is 3.22. The van der Waals surface area contributed by atoms with Crippen molar-refractivity contribution in [2.75, 3.05) is 13.1 Å². The van der Waals surface area contributed by atoms with Crippen LogP contribution < -0.4 is 5.32 Å². The molecule has 1 atom stereocenters. The highest BCUT2D eigenvalue weighted by atomic mass is 14.8. The topological polar surface area (TPSA) is 12.0 Å². The molecular formula is C16H21N. The minimum absolute atomic E-state index is 0.575. The number of hydrogen-bond acceptors (Lipinski definition) is 1. The average Bonchev–Trinajstić information content (AvgIpc) is 2.38. The van der Waals surface area contributed by atoms with Crippen LogP contribution in [-0.2, 0) is 0 Å². The Labute approximate surface area is 104 Å². The summed E-state index contributed by atoms with van der Waals surface area (Å²) in [6.45, 7) is 6.66. The van der Waals surface area contributed by atoms with E-state index in [1.165, 1.54) is 22.8 Å². The van der Waals surface area contributed by atoms with Gasteiger partial charge in [0.05, 0.1) is 0 Å². The monoisotopic (exact) mass is 227 g/mol. The second kappa shape index (κ2) is 5.83. The molecule has 0 aliphatic carbocycles. The lowest BCUT2D eigenvalue weighted by molar-refractivity contribution is 0.609. The summed E-state index contributed by atoms with van der Waals surface area (Å²) in [4.78, 5) is 0. The predicted molar refractivity (Wildman–Crippen MR) is 75.5 cm³/mol. The van der Waals surface area contributed by atoms with Crippen LogP contribution in [0.25, 0.3) is 10.8 Å². The average molecular weight is 227 g/mol. The molecule has 1 heteroatoms. The van der Waals surface area contributed by atoms with E-state index in [4.69, 9.17) is 0 Å². The van der Waals surface area contributed by atoms with Crippen molar-refractivity contribution in [1.82, 2.24) is 5.32 Å². The van der Waals surface area contributed by atoms with Crippen molar-refractivity contribution in [3.05, 3.63) is 48.0 Å². The van der Waals surface area contributed by atoms with Crippen LogP contribution in [0.3, 0.4) is 0 Å². The normalized spacial score (nSPS) is 12.8. The smallest absolute Gasteiger partial charge is 0.00174 e. The largest absolute Gasteiger partial charge is 0.316 e. The van der Waals surface area contributed by atoms with Crippen molar-refractivity contribution in [2.24, 2.45) is 0 Å². The Kier molecular flexibility index (Phi) is 4.16. The van der Waals surface area contributed by atoms with Gasteiger partial charge in [0.2, 0.25) is 0 Å². The molecule has 1 nitrogen and oxygen atoms in total. The fourth-order valence-corrected chi connectivity index (χ4v) is 2.13. The maximum atomic E-state index is 3.48. The molecule has 0 heterocycles. The molecule has 2 aromatic rings. The summed E-state index contributed by atoms with van der Waals surface area (Å²) >= 11 is 0. The zero-order chi connectivity index (χ0) is 12.1. The Balaban J connectivity index is 2.12. The minimum atomic E-state index is 0.575. The van der Waals surface area contributed by atoms with Gasteiger partial charge in [0.25, 0.3) is 0 Å². The van der Waals surface area contributed by atoms with Gasteiger partial charge in [0.1, 0.15) is 0 Å². The molecule has 1 N–H and O–H groups in total. The standard InChI is InChI=1S/C16H21N/c1-3-10-17-12-13(2)15-9-8-14-6-4-5-7-16(14)11-15/h4-9,11,13,17H,3,10,12H2,1-2H3. The summed E-state index contributed by atoms with van der Waals surface area (Å²) in [6.07, 6.45) is 1.20. The second-order valence-corrected chi connectivity index (χ2v) is 4.71. The van der Waals surface area contributed by atoms with E-state index in [1.54, 1.807) is 0 Å².